The Labute approximate surface area is 94.0 Å². The normalized spacial score (nSPS) is 14.1. The average molecular weight is 240 g/mol. The molecule has 2 aromatic rings. The summed E-state index contributed by atoms with van der Waals surface area (Å²) in [6.07, 6.45) is 0.411. The second-order valence-electron chi connectivity index (χ2n) is 3.63. The first-order chi connectivity index (χ1) is 7.46. The van der Waals surface area contributed by atoms with Crippen molar-refractivity contribution >= 4 is 21.1 Å². The maximum absolute atomic E-state index is 11.0. The molecule has 4 nitrogen and oxygen atoms in total. The van der Waals surface area contributed by atoms with E-state index >= 15 is 0 Å². The molecule has 5 heteroatoms. The number of rotatable bonds is 3. The van der Waals surface area contributed by atoms with Gasteiger partial charge < -0.3 is 4.42 Å². The summed E-state index contributed by atoms with van der Waals surface area (Å²) in [5.41, 5.74) is 0.724. The van der Waals surface area contributed by atoms with Crippen molar-refractivity contribution in [2.24, 2.45) is 0 Å². The van der Waals surface area contributed by atoms with Crippen LogP contribution >= 0.6 is 0 Å². The molecule has 0 N–H and O–H groups in total. The first kappa shape index (κ1) is 11.2. The van der Waals surface area contributed by atoms with Gasteiger partial charge in [0.25, 0.3) is 10.1 Å². The lowest BCUT2D eigenvalue weighted by Crippen LogP contribution is -2.06. The van der Waals surface area contributed by atoms with Crippen LogP contribution in [0.3, 0.4) is 0 Å². The van der Waals surface area contributed by atoms with Crippen molar-refractivity contribution in [2.45, 2.75) is 13.0 Å². The van der Waals surface area contributed by atoms with Crippen LogP contribution in [0.25, 0.3) is 11.0 Å². The number of hydrogen-bond acceptors (Lipinski definition) is 4. The molecule has 0 aliphatic heterocycles. The lowest BCUT2D eigenvalue weighted by Gasteiger charge is -2.06. The third-order valence-corrected chi connectivity index (χ3v) is 2.80. The van der Waals surface area contributed by atoms with Gasteiger partial charge in [0.1, 0.15) is 17.4 Å². The highest BCUT2D eigenvalue weighted by molar-refractivity contribution is 7.86. The average Bonchev–Trinajstić information content (AvgIpc) is 2.58. The van der Waals surface area contributed by atoms with Crippen LogP contribution < -0.4 is 0 Å². The van der Waals surface area contributed by atoms with E-state index in [1.54, 1.807) is 13.0 Å². The second-order valence-corrected chi connectivity index (χ2v) is 5.23. The Kier molecular flexibility index (Phi) is 2.73. The fourth-order valence-corrected chi connectivity index (χ4v) is 2.13. The highest BCUT2D eigenvalue weighted by Crippen LogP contribution is 2.26. The van der Waals surface area contributed by atoms with Crippen molar-refractivity contribution in [3.8, 4) is 0 Å². The number of hydrogen-bond donors (Lipinski definition) is 0. The van der Waals surface area contributed by atoms with Gasteiger partial charge >= 0.3 is 0 Å². The van der Waals surface area contributed by atoms with Crippen LogP contribution in [0, 0.1) is 0 Å². The molecule has 1 aromatic heterocycles. The molecular weight excluding hydrogens is 228 g/mol. The molecule has 16 heavy (non-hydrogen) atoms. The summed E-state index contributed by atoms with van der Waals surface area (Å²) in [6.45, 7) is 1.64. The second kappa shape index (κ2) is 3.92. The molecule has 0 aliphatic rings. The van der Waals surface area contributed by atoms with Gasteiger partial charge in [-0.1, -0.05) is 18.2 Å². The molecule has 1 unspecified atom stereocenters. The van der Waals surface area contributed by atoms with Gasteiger partial charge in [0.15, 0.2) is 0 Å². The first-order valence-electron chi connectivity index (χ1n) is 4.82. The monoisotopic (exact) mass is 240 g/mol. The van der Waals surface area contributed by atoms with E-state index in [-0.39, 0.29) is 0 Å². The van der Waals surface area contributed by atoms with Gasteiger partial charge in [-0.15, -0.1) is 0 Å². The zero-order valence-electron chi connectivity index (χ0n) is 9.01. The highest BCUT2D eigenvalue weighted by Gasteiger charge is 2.16. The van der Waals surface area contributed by atoms with Gasteiger partial charge in [0.2, 0.25) is 0 Å². The summed E-state index contributed by atoms with van der Waals surface area (Å²) in [4.78, 5) is 0. The van der Waals surface area contributed by atoms with Crippen LogP contribution in [0.1, 0.15) is 18.8 Å². The van der Waals surface area contributed by atoms with Crippen LogP contribution in [-0.4, -0.2) is 14.7 Å². The predicted molar refractivity (Wildman–Crippen MR) is 60.6 cm³/mol. The van der Waals surface area contributed by atoms with Crippen LogP contribution in [0.5, 0.6) is 0 Å². The van der Waals surface area contributed by atoms with E-state index in [0.29, 0.717) is 5.76 Å². The van der Waals surface area contributed by atoms with Gasteiger partial charge in [0, 0.05) is 5.39 Å². The smallest absolute Gasteiger partial charge is 0.265 e. The molecule has 0 bridgehead atoms. The summed E-state index contributed by atoms with van der Waals surface area (Å²) < 4.78 is 32.3. The molecule has 86 valence electrons. The minimum absolute atomic E-state index is 0.506. The highest BCUT2D eigenvalue weighted by atomic mass is 32.2. The molecule has 0 spiro atoms. The van der Waals surface area contributed by atoms with Crippen molar-refractivity contribution in [1.29, 1.82) is 0 Å². The van der Waals surface area contributed by atoms with Crippen molar-refractivity contribution < 1.29 is 17.0 Å². The lowest BCUT2D eigenvalue weighted by molar-refractivity contribution is 0.208. The fraction of sp³-hybridized carbons (Fsp3) is 0.273. The summed E-state index contributed by atoms with van der Waals surface area (Å²) in [6, 6.07) is 9.26. The quantitative estimate of drug-likeness (QED) is 0.773. The Bertz CT molecular complexity index is 564. The predicted octanol–water partition coefficient (Wildman–Crippen LogP) is 2.47. The number of benzene rings is 1. The van der Waals surface area contributed by atoms with Crippen molar-refractivity contribution in [2.75, 3.05) is 6.26 Å². The van der Waals surface area contributed by atoms with Gasteiger partial charge in [-0.2, -0.15) is 8.42 Å². The molecular formula is C11H12O4S. The Hall–Kier alpha value is -1.33. The molecule has 0 aliphatic carbocycles. The molecule has 1 atom stereocenters. The molecule has 2 rings (SSSR count). The van der Waals surface area contributed by atoms with Gasteiger partial charge in [-0.25, -0.2) is 0 Å². The Balaban J connectivity index is 2.33. The number of furan rings is 1. The molecule has 0 fully saturated rings. The molecule has 0 radical (unpaired) electrons. The Morgan fingerprint density at radius 2 is 2.00 bits per heavy atom. The van der Waals surface area contributed by atoms with Crippen molar-refractivity contribution in [3.05, 3.63) is 36.1 Å². The van der Waals surface area contributed by atoms with Crippen LogP contribution in [0.4, 0.5) is 0 Å². The van der Waals surface area contributed by atoms with Gasteiger partial charge in [-0.3, -0.25) is 4.18 Å². The molecule has 0 amide bonds. The summed E-state index contributed by atoms with van der Waals surface area (Å²) in [7, 11) is -3.47. The van der Waals surface area contributed by atoms with E-state index in [2.05, 4.69) is 0 Å². The standard InChI is InChI=1S/C11H12O4S/c1-8(15-16(2,12)13)11-7-9-5-3-4-6-10(9)14-11/h3-8H,1-2H3. The molecule has 1 heterocycles. The van der Waals surface area contributed by atoms with E-state index in [4.69, 9.17) is 8.60 Å². The Morgan fingerprint density at radius 3 is 2.62 bits per heavy atom. The van der Waals surface area contributed by atoms with E-state index < -0.39 is 16.2 Å². The van der Waals surface area contributed by atoms with E-state index in [0.717, 1.165) is 17.2 Å². The van der Waals surface area contributed by atoms with Crippen molar-refractivity contribution in [1.82, 2.24) is 0 Å². The number of para-hydroxylation sites is 1. The summed E-state index contributed by atoms with van der Waals surface area (Å²) in [5, 5.41) is 0.932. The first-order valence-corrected chi connectivity index (χ1v) is 6.64. The topological polar surface area (TPSA) is 56.5 Å². The van der Waals surface area contributed by atoms with E-state index in [1.165, 1.54) is 0 Å². The summed E-state index contributed by atoms with van der Waals surface area (Å²) >= 11 is 0. The van der Waals surface area contributed by atoms with Crippen molar-refractivity contribution in [3.63, 3.8) is 0 Å². The third kappa shape index (κ3) is 2.43. The zero-order valence-corrected chi connectivity index (χ0v) is 9.82. The number of fused-ring (bicyclic) bond motifs is 1. The molecule has 1 aromatic carbocycles. The summed E-state index contributed by atoms with van der Waals surface area (Å²) in [5.74, 6) is 0.506. The minimum Gasteiger partial charge on any atom is -0.458 e. The SMILES string of the molecule is CC(OS(C)(=O)=O)c1cc2ccccc2o1. The van der Waals surface area contributed by atoms with Crippen LogP contribution in [-0.2, 0) is 14.3 Å². The maximum atomic E-state index is 11.0. The van der Waals surface area contributed by atoms with Crippen LogP contribution in [0.2, 0.25) is 0 Å². The van der Waals surface area contributed by atoms with E-state index in [9.17, 15) is 8.42 Å². The molecule has 0 saturated heterocycles. The van der Waals surface area contributed by atoms with Crippen LogP contribution in [0.15, 0.2) is 34.7 Å². The zero-order chi connectivity index (χ0) is 11.8. The third-order valence-electron chi connectivity index (χ3n) is 2.16. The van der Waals surface area contributed by atoms with E-state index in [1.807, 2.05) is 24.3 Å². The largest absolute Gasteiger partial charge is 0.458 e. The lowest BCUT2D eigenvalue weighted by atomic mass is 10.2. The Morgan fingerprint density at radius 1 is 1.31 bits per heavy atom. The van der Waals surface area contributed by atoms with Gasteiger partial charge in [0.05, 0.1) is 6.26 Å². The minimum atomic E-state index is -3.47. The molecule has 0 saturated carbocycles. The fourth-order valence-electron chi connectivity index (χ4n) is 1.51. The van der Waals surface area contributed by atoms with Gasteiger partial charge in [-0.05, 0) is 19.1 Å². The maximum Gasteiger partial charge on any atom is 0.265 e.